The van der Waals surface area contributed by atoms with E-state index >= 15 is 0 Å². The van der Waals surface area contributed by atoms with Gasteiger partial charge in [-0.2, -0.15) is 0 Å². The summed E-state index contributed by atoms with van der Waals surface area (Å²) in [6.07, 6.45) is 5.04. The Kier molecular flexibility index (Phi) is 7.70. The van der Waals surface area contributed by atoms with Crippen LogP contribution >= 0.6 is 39.1 Å². The molecule has 4 aromatic rings. The number of anilines is 1. The molecule has 0 N–H and O–H groups in total. The van der Waals surface area contributed by atoms with Crippen LogP contribution in [-0.4, -0.2) is 35.2 Å². The van der Waals surface area contributed by atoms with Gasteiger partial charge in [-0.3, -0.25) is 19.3 Å². The van der Waals surface area contributed by atoms with Crippen LogP contribution in [0.1, 0.15) is 33.6 Å². The molecule has 1 saturated heterocycles. The van der Waals surface area contributed by atoms with Gasteiger partial charge >= 0.3 is 5.97 Å². The maximum absolute atomic E-state index is 13.3. The third-order valence-electron chi connectivity index (χ3n) is 7.49. The Balaban J connectivity index is 1.28. The van der Waals surface area contributed by atoms with Gasteiger partial charge in [0.25, 0.3) is 0 Å². The number of hydrogen-bond donors (Lipinski definition) is 0. The van der Waals surface area contributed by atoms with Crippen LogP contribution in [0.3, 0.4) is 0 Å². The Hall–Kier alpha value is -3.85. The van der Waals surface area contributed by atoms with Crippen molar-refractivity contribution in [2.75, 3.05) is 11.5 Å². The van der Waals surface area contributed by atoms with Crippen molar-refractivity contribution >= 4 is 79.3 Å². The number of rotatable bonds is 6. The number of allylic oxidation sites excluding steroid dienone is 2. The van der Waals surface area contributed by atoms with Crippen molar-refractivity contribution in [3.05, 3.63) is 105 Å². The first kappa shape index (κ1) is 28.3. The molecule has 6 rings (SSSR count). The summed E-state index contributed by atoms with van der Waals surface area (Å²) in [5.74, 6) is -2.19. The van der Waals surface area contributed by atoms with Crippen molar-refractivity contribution in [2.45, 2.75) is 12.8 Å². The molecule has 2 aliphatic rings. The number of fused-ring (bicyclic) bond motifs is 2. The predicted molar refractivity (Wildman–Crippen MR) is 164 cm³/mol. The number of pyridine rings is 1. The third kappa shape index (κ3) is 5.26. The number of aromatic nitrogens is 1. The number of hydrogen-bond acceptors (Lipinski definition) is 6. The highest BCUT2D eigenvalue weighted by atomic mass is 79.9. The van der Waals surface area contributed by atoms with Gasteiger partial charge in [0.1, 0.15) is 0 Å². The largest absolute Gasteiger partial charge is 0.454 e. The lowest BCUT2D eigenvalue weighted by Gasteiger charge is -2.15. The van der Waals surface area contributed by atoms with Crippen LogP contribution in [0.4, 0.5) is 5.69 Å². The summed E-state index contributed by atoms with van der Waals surface area (Å²) < 4.78 is 6.15. The second-order valence-corrected chi connectivity index (χ2v) is 11.8. The number of carbonyl (C=O) groups is 4. The van der Waals surface area contributed by atoms with E-state index < -0.39 is 18.4 Å². The van der Waals surface area contributed by atoms with E-state index in [9.17, 15) is 19.2 Å². The lowest BCUT2D eigenvalue weighted by atomic mass is 9.85. The van der Waals surface area contributed by atoms with Crippen molar-refractivity contribution in [2.24, 2.45) is 11.8 Å². The number of esters is 1. The standard InChI is InChI=1S/C32H21BrCl2N2O5/c33-18-7-12-27-24(13-18)25(32(41)42-16-29(38)23-11-8-19(34)14-26(23)35)15-28(36-27)17-5-9-20(10-6-17)37-30(39)21-3-1-2-4-22(21)31(37)40/h1-2,5-15,21-22H,3-4,16H2. The van der Waals surface area contributed by atoms with E-state index in [1.54, 1.807) is 42.5 Å². The number of amides is 2. The van der Waals surface area contributed by atoms with Gasteiger partial charge in [-0.1, -0.05) is 63.4 Å². The third-order valence-corrected chi connectivity index (χ3v) is 8.53. The van der Waals surface area contributed by atoms with Gasteiger partial charge in [0.05, 0.1) is 39.3 Å². The minimum atomic E-state index is -0.707. The fourth-order valence-electron chi connectivity index (χ4n) is 5.35. The molecule has 7 nitrogen and oxygen atoms in total. The molecule has 42 heavy (non-hydrogen) atoms. The van der Waals surface area contributed by atoms with E-state index in [0.29, 0.717) is 45.7 Å². The first-order chi connectivity index (χ1) is 20.2. The van der Waals surface area contributed by atoms with Gasteiger partial charge < -0.3 is 4.74 Å². The van der Waals surface area contributed by atoms with E-state index in [2.05, 4.69) is 15.9 Å². The molecule has 1 aliphatic heterocycles. The molecule has 2 atom stereocenters. The monoisotopic (exact) mass is 662 g/mol. The molecular weight excluding hydrogens is 643 g/mol. The molecule has 3 aromatic carbocycles. The first-order valence-corrected chi connectivity index (χ1v) is 14.6. The molecule has 0 radical (unpaired) electrons. The van der Waals surface area contributed by atoms with Gasteiger partial charge in [-0.25, -0.2) is 9.78 Å². The normalized spacial score (nSPS) is 17.9. The zero-order chi connectivity index (χ0) is 29.5. The van der Waals surface area contributed by atoms with Crippen molar-refractivity contribution < 1.29 is 23.9 Å². The molecule has 0 spiro atoms. The molecule has 2 heterocycles. The molecule has 1 fully saturated rings. The Morgan fingerprint density at radius 2 is 1.57 bits per heavy atom. The quantitative estimate of drug-likeness (QED) is 0.0920. The minimum absolute atomic E-state index is 0.167. The number of nitrogens with zero attached hydrogens (tertiary/aromatic N) is 2. The smallest absolute Gasteiger partial charge is 0.339 e. The molecular formula is C32H21BrCl2N2O5. The number of benzene rings is 3. The second-order valence-electron chi connectivity index (χ2n) is 10.1. The average Bonchev–Trinajstić information content (AvgIpc) is 3.24. The van der Waals surface area contributed by atoms with Crippen LogP contribution < -0.4 is 4.90 Å². The van der Waals surface area contributed by atoms with Crippen LogP contribution in [0, 0.1) is 11.8 Å². The SMILES string of the molecule is O=C(COC(=O)c1cc(-c2ccc(N3C(=O)C4CC=CCC4C3=O)cc2)nc2ccc(Br)cc12)c1ccc(Cl)cc1Cl. The van der Waals surface area contributed by atoms with E-state index in [-0.39, 0.29) is 39.8 Å². The summed E-state index contributed by atoms with van der Waals surface area (Å²) >= 11 is 15.5. The van der Waals surface area contributed by atoms with E-state index in [1.165, 1.54) is 23.1 Å². The predicted octanol–water partition coefficient (Wildman–Crippen LogP) is 7.47. The Morgan fingerprint density at radius 3 is 2.24 bits per heavy atom. The molecule has 2 amide bonds. The fourth-order valence-corrected chi connectivity index (χ4v) is 6.23. The van der Waals surface area contributed by atoms with Crippen LogP contribution in [0.15, 0.2) is 83.4 Å². The summed E-state index contributed by atoms with van der Waals surface area (Å²) in [7, 11) is 0. The Bertz CT molecular complexity index is 1800. The summed E-state index contributed by atoms with van der Waals surface area (Å²) in [5.41, 5.74) is 2.60. The average molecular weight is 664 g/mol. The van der Waals surface area contributed by atoms with Crippen LogP contribution in [-0.2, 0) is 14.3 Å². The fraction of sp³-hybridized carbons (Fsp3) is 0.156. The van der Waals surface area contributed by atoms with Crippen molar-refractivity contribution in [3.63, 3.8) is 0 Å². The Morgan fingerprint density at radius 1 is 0.881 bits per heavy atom. The summed E-state index contributed by atoms with van der Waals surface area (Å²) in [5, 5.41) is 1.09. The Labute approximate surface area is 259 Å². The lowest BCUT2D eigenvalue weighted by Crippen LogP contribution is -2.30. The first-order valence-electron chi connectivity index (χ1n) is 13.1. The number of imide groups is 1. The van der Waals surface area contributed by atoms with E-state index in [0.717, 1.165) is 4.47 Å². The van der Waals surface area contributed by atoms with Gasteiger partial charge in [0.15, 0.2) is 6.61 Å². The second kappa shape index (κ2) is 11.4. The minimum Gasteiger partial charge on any atom is -0.454 e. The lowest BCUT2D eigenvalue weighted by molar-refractivity contribution is -0.122. The van der Waals surface area contributed by atoms with Crippen LogP contribution in [0.5, 0.6) is 0 Å². The molecule has 0 saturated carbocycles. The highest BCUT2D eigenvalue weighted by Crippen LogP contribution is 2.38. The number of halogens is 3. The summed E-state index contributed by atoms with van der Waals surface area (Å²) in [4.78, 5) is 58.0. The van der Waals surface area contributed by atoms with Crippen molar-refractivity contribution in [1.29, 1.82) is 0 Å². The summed E-state index contributed by atoms with van der Waals surface area (Å²) in [6.45, 7) is -0.516. The highest BCUT2D eigenvalue weighted by Gasteiger charge is 2.47. The molecule has 1 aromatic heterocycles. The summed E-state index contributed by atoms with van der Waals surface area (Å²) in [6, 6.07) is 18.3. The maximum Gasteiger partial charge on any atom is 0.339 e. The molecule has 0 bridgehead atoms. The molecule has 10 heteroatoms. The zero-order valence-corrected chi connectivity index (χ0v) is 24.9. The maximum atomic E-state index is 13.3. The van der Waals surface area contributed by atoms with Gasteiger partial charge in [0, 0.05) is 26.0 Å². The van der Waals surface area contributed by atoms with Gasteiger partial charge in [-0.05, 0) is 67.4 Å². The van der Waals surface area contributed by atoms with E-state index in [4.69, 9.17) is 32.9 Å². The highest BCUT2D eigenvalue weighted by molar-refractivity contribution is 9.10. The molecule has 1 aliphatic carbocycles. The number of carbonyl (C=O) groups excluding carboxylic acids is 4. The molecule has 2 unspecified atom stereocenters. The zero-order valence-electron chi connectivity index (χ0n) is 21.9. The van der Waals surface area contributed by atoms with Crippen LogP contribution in [0.2, 0.25) is 10.0 Å². The van der Waals surface area contributed by atoms with Gasteiger partial charge in [0.2, 0.25) is 17.6 Å². The number of ether oxygens (including phenoxy) is 1. The van der Waals surface area contributed by atoms with E-state index in [1.807, 2.05) is 18.2 Å². The molecule has 210 valence electrons. The van der Waals surface area contributed by atoms with Crippen LogP contribution in [0.25, 0.3) is 22.2 Å². The van der Waals surface area contributed by atoms with Gasteiger partial charge in [-0.15, -0.1) is 0 Å². The number of ketones is 1. The van der Waals surface area contributed by atoms with Crippen molar-refractivity contribution in [1.82, 2.24) is 4.98 Å². The van der Waals surface area contributed by atoms with Crippen molar-refractivity contribution in [3.8, 4) is 11.3 Å². The topological polar surface area (TPSA) is 93.6 Å². The number of Topliss-reactive ketones (excluding diaryl/α,β-unsaturated/α-hetero) is 1.